The number of alkyl halides is 3. The lowest BCUT2D eigenvalue weighted by atomic mass is 10.1. The molecule has 6 nitrogen and oxygen atoms in total. The number of rotatable bonds is 3. The first-order valence-corrected chi connectivity index (χ1v) is 9.54. The van der Waals surface area contributed by atoms with Crippen molar-refractivity contribution in [2.75, 3.05) is 25.2 Å². The highest BCUT2D eigenvalue weighted by atomic mass is 19.4. The Morgan fingerprint density at radius 3 is 2.48 bits per heavy atom. The Morgan fingerprint density at radius 1 is 1.16 bits per heavy atom. The number of anilines is 1. The largest absolute Gasteiger partial charge is 0.503 e. The Bertz CT molecular complexity index is 1140. The molecule has 0 aliphatic carbocycles. The summed E-state index contributed by atoms with van der Waals surface area (Å²) in [4.78, 5) is 6.36. The van der Waals surface area contributed by atoms with Crippen molar-refractivity contribution in [1.29, 1.82) is 0 Å². The van der Waals surface area contributed by atoms with Crippen LogP contribution in [0.3, 0.4) is 0 Å². The average molecular weight is 442 g/mol. The summed E-state index contributed by atoms with van der Waals surface area (Å²) in [6.07, 6.45) is -2.10. The second-order valence-electron chi connectivity index (χ2n) is 7.43. The van der Waals surface area contributed by atoms with Gasteiger partial charge >= 0.3 is 6.18 Å². The van der Waals surface area contributed by atoms with Crippen molar-refractivity contribution >= 4 is 16.7 Å². The molecule has 1 fully saturated rings. The van der Waals surface area contributed by atoms with Crippen molar-refractivity contribution in [3.05, 3.63) is 41.2 Å². The van der Waals surface area contributed by atoms with Gasteiger partial charge in [-0.25, -0.2) is 18.4 Å². The molecule has 0 atom stereocenters. The standard InChI is InChI=1S/C20H19F5N4O2/c1-10-12-7-16(28(2)11-3-5-31-6-4-11)26-9-15(12)29(27-10)14-8-13(20(23,24)25)17(21)19(30)18(14)22/h7-9,11,30H,3-6H2,1-2H3. The lowest BCUT2D eigenvalue weighted by Crippen LogP contribution is -2.37. The SMILES string of the molecule is Cc1nn(-c2cc(C(F)(F)F)c(F)c(O)c2F)c2cnc(N(C)C3CCOCC3)cc12. The highest BCUT2D eigenvalue weighted by Gasteiger charge is 2.38. The Labute approximate surface area is 173 Å². The fourth-order valence-electron chi connectivity index (χ4n) is 3.76. The van der Waals surface area contributed by atoms with E-state index in [4.69, 9.17) is 4.74 Å². The highest BCUT2D eigenvalue weighted by Crippen LogP contribution is 2.39. The van der Waals surface area contributed by atoms with Crippen LogP contribution in [-0.2, 0) is 10.9 Å². The van der Waals surface area contributed by atoms with Crippen LogP contribution in [0.2, 0.25) is 0 Å². The minimum absolute atomic E-state index is 0.217. The van der Waals surface area contributed by atoms with Gasteiger partial charge in [-0.1, -0.05) is 0 Å². The van der Waals surface area contributed by atoms with Gasteiger partial charge in [0, 0.05) is 31.7 Å². The van der Waals surface area contributed by atoms with Crippen molar-refractivity contribution in [2.24, 2.45) is 0 Å². The fraction of sp³-hybridized carbons (Fsp3) is 0.400. The van der Waals surface area contributed by atoms with E-state index in [9.17, 15) is 27.1 Å². The number of fused-ring (bicyclic) bond motifs is 1. The summed E-state index contributed by atoms with van der Waals surface area (Å²) in [6.45, 7) is 2.90. The summed E-state index contributed by atoms with van der Waals surface area (Å²) in [5, 5.41) is 14.3. The monoisotopic (exact) mass is 442 g/mol. The third-order valence-corrected chi connectivity index (χ3v) is 5.53. The van der Waals surface area contributed by atoms with Crippen molar-refractivity contribution in [2.45, 2.75) is 32.0 Å². The molecule has 1 N–H and O–H groups in total. The minimum atomic E-state index is -5.13. The van der Waals surface area contributed by atoms with Crippen LogP contribution < -0.4 is 4.90 Å². The normalized spacial score (nSPS) is 15.6. The van der Waals surface area contributed by atoms with E-state index < -0.39 is 34.8 Å². The Balaban J connectivity index is 1.82. The molecule has 1 aliphatic rings. The molecule has 3 aromatic rings. The molecule has 1 aromatic carbocycles. The minimum Gasteiger partial charge on any atom is -0.503 e. The van der Waals surface area contributed by atoms with Gasteiger partial charge in [0.15, 0.2) is 17.4 Å². The summed E-state index contributed by atoms with van der Waals surface area (Å²) in [7, 11) is 1.89. The van der Waals surface area contributed by atoms with Gasteiger partial charge in [0.2, 0.25) is 0 Å². The highest BCUT2D eigenvalue weighted by molar-refractivity contribution is 5.85. The molecular weight excluding hydrogens is 423 g/mol. The smallest absolute Gasteiger partial charge is 0.419 e. The maximum Gasteiger partial charge on any atom is 0.419 e. The van der Waals surface area contributed by atoms with Crippen molar-refractivity contribution in [3.8, 4) is 11.4 Å². The zero-order valence-corrected chi connectivity index (χ0v) is 16.7. The molecule has 4 rings (SSSR count). The van der Waals surface area contributed by atoms with Crippen molar-refractivity contribution < 1.29 is 31.8 Å². The number of benzene rings is 1. The van der Waals surface area contributed by atoms with Gasteiger partial charge in [0.25, 0.3) is 0 Å². The van der Waals surface area contributed by atoms with E-state index in [0.29, 0.717) is 36.2 Å². The number of hydrogen-bond acceptors (Lipinski definition) is 5. The molecule has 31 heavy (non-hydrogen) atoms. The number of aromatic hydroxyl groups is 1. The quantitative estimate of drug-likeness (QED) is 0.612. The van der Waals surface area contributed by atoms with E-state index in [1.165, 1.54) is 6.20 Å². The zero-order valence-electron chi connectivity index (χ0n) is 16.7. The number of nitrogens with zero attached hydrogens (tertiary/aromatic N) is 4. The average Bonchev–Trinajstić information content (AvgIpc) is 3.07. The topological polar surface area (TPSA) is 63.4 Å². The molecule has 1 saturated heterocycles. The molecule has 2 aromatic heterocycles. The number of halogens is 5. The summed E-state index contributed by atoms with van der Waals surface area (Å²) in [5.74, 6) is -4.70. The van der Waals surface area contributed by atoms with Gasteiger partial charge in [-0.15, -0.1) is 0 Å². The molecule has 11 heteroatoms. The number of phenolic OH excluding ortho intramolecular Hbond substituents is 1. The van der Waals surface area contributed by atoms with Crippen LogP contribution in [0.15, 0.2) is 18.3 Å². The van der Waals surface area contributed by atoms with Crippen LogP contribution in [0.25, 0.3) is 16.6 Å². The molecule has 0 spiro atoms. The summed E-state index contributed by atoms with van der Waals surface area (Å²) < 4.78 is 74.1. The molecule has 1 aliphatic heterocycles. The Hall–Kier alpha value is -2.95. The number of ether oxygens (including phenoxy) is 1. The summed E-state index contributed by atoms with van der Waals surface area (Å²) in [6, 6.07) is 2.23. The second kappa shape index (κ2) is 7.63. The Morgan fingerprint density at radius 2 is 1.84 bits per heavy atom. The maximum atomic E-state index is 14.5. The predicted molar refractivity (Wildman–Crippen MR) is 102 cm³/mol. The molecule has 0 unspecified atom stereocenters. The maximum absolute atomic E-state index is 14.5. The lowest BCUT2D eigenvalue weighted by Gasteiger charge is -2.32. The van der Waals surface area contributed by atoms with Crippen molar-refractivity contribution in [1.82, 2.24) is 14.8 Å². The van der Waals surface area contributed by atoms with E-state index in [2.05, 4.69) is 10.1 Å². The molecule has 0 bridgehead atoms. The van der Waals surface area contributed by atoms with Gasteiger partial charge in [0.1, 0.15) is 11.5 Å². The number of hydrogen-bond donors (Lipinski definition) is 1. The van der Waals surface area contributed by atoms with Gasteiger partial charge in [-0.3, -0.25) is 0 Å². The number of aromatic nitrogens is 3. The molecule has 0 radical (unpaired) electrons. The van der Waals surface area contributed by atoms with E-state index in [1.807, 2.05) is 11.9 Å². The fourth-order valence-corrected chi connectivity index (χ4v) is 3.76. The van der Waals surface area contributed by atoms with Gasteiger partial charge < -0.3 is 14.7 Å². The molecule has 166 valence electrons. The van der Waals surface area contributed by atoms with Gasteiger partial charge in [-0.2, -0.15) is 18.3 Å². The van der Waals surface area contributed by atoms with E-state index >= 15 is 0 Å². The van der Waals surface area contributed by atoms with Crippen LogP contribution in [0.1, 0.15) is 24.1 Å². The van der Waals surface area contributed by atoms with Crippen LogP contribution >= 0.6 is 0 Å². The van der Waals surface area contributed by atoms with E-state index in [1.54, 1.807) is 13.0 Å². The third-order valence-electron chi connectivity index (χ3n) is 5.53. The van der Waals surface area contributed by atoms with E-state index in [0.717, 1.165) is 17.5 Å². The van der Waals surface area contributed by atoms with E-state index in [-0.39, 0.29) is 11.6 Å². The summed E-state index contributed by atoms with van der Waals surface area (Å²) >= 11 is 0. The number of aryl methyl sites for hydroxylation is 1. The first-order valence-electron chi connectivity index (χ1n) is 9.54. The van der Waals surface area contributed by atoms with Crippen LogP contribution in [-0.4, -0.2) is 46.2 Å². The second-order valence-corrected chi connectivity index (χ2v) is 7.43. The number of pyridine rings is 1. The first-order chi connectivity index (χ1) is 14.6. The molecule has 0 saturated carbocycles. The Kier molecular flexibility index (Phi) is 5.24. The van der Waals surface area contributed by atoms with Crippen molar-refractivity contribution in [3.63, 3.8) is 0 Å². The lowest BCUT2D eigenvalue weighted by molar-refractivity contribution is -0.140. The van der Waals surface area contributed by atoms with Crippen LogP contribution in [0.5, 0.6) is 5.75 Å². The summed E-state index contributed by atoms with van der Waals surface area (Å²) in [5.41, 5.74) is -1.88. The molecular formula is C20H19F5N4O2. The van der Waals surface area contributed by atoms with Gasteiger partial charge in [0.05, 0.1) is 23.0 Å². The molecule has 0 amide bonds. The first kappa shape index (κ1) is 21.3. The molecule has 3 heterocycles. The van der Waals surface area contributed by atoms with Crippen LogP contribution in [0, 0.1) is 18.6 Å². The number of phenols is 1. The van der Waals surface area contributed by atoms with Gasteiger partial charge in [-0.05, 0) is 31.9 Å². The third kappa shape index (κ3) is 3.67. The zero-order chi connectivity index (χ0) is 22.5. The van der Waals surface area contributed by atoms with Crippen LogP contribution in [0.4, 0.5) is 27.8 Å². The predicted octanol–water partition coefficient (Wildman–Crippen LogP) is 4.35.